The zero-order valence-electron chi connectivity index (χ0n) is 8.23. The van der Waals surface area contributed by atoms with E-state index in [1.165, 1.54) is 0 Å². The Morgan fingerprint density at radius 2 is 2.15 bits per heavy atom. The molecule has 13 heavy (non-hydrogen) atoms. The van der Waals surface area contributed by atoms with Gasteiger partial charge in [0.15, 0.2) is 0 Å². The summed E-state index contributed by atoms with van der Waals surface area (Å²) in [6.07, 6.45) is 3.26. The number of nitrogens with zero attached hydrogens (tertiary/aromatic N) is 3. The fourth-order valence-electron chi connectivity index (χ4n) is 0.905. The minimum atomic E-state index is -0.0627. The number of hydrogen-bond acceptors (Lipinski definition) is 4. The average molecular weight is 181 g/mol. The lowest BCUT2D eigenvalue weighted by atomic mass is 10.3. The number of rotatable bonds is 3. The second-order valence-corrected chi connectivity index (χ2v) is 3.23. The molecule has 4 nitrogen and oxygen atoms in total. The second-order valence-electron chi connectivity index (χ2n) is 3.23. The largest absolute Gasteiger partial charge is 0.390 e. The first kappa shape index (κ1) is 9.92. The van der Waals surface area contributed by atoms with E-state index in [2.05, 4.69) is 23.8 Å². The molecule has 0 atom stereocenters. The average Bonchev–Trinajstić information content (AvgIpc) is 2.16. The molecule has 0 aliphatic carbocycles. The van der Waals surface area contributed by atoms with E-state index in [0.29, 0.717) is 11.7 Å². The van der Waals surface area contributed by atoms with Crippen LogP contribution >= 0.6 is 0 Å². The molecule has 0 aliphatic heterocycles. The zero-order valence-corrected chi connectivity index (χ0v) is 8.23. The van der Waals surface area contributed by atoms with Crippen molar-refractivity contribution in [1.29, 1.82) is 0 Å². The summed E-state index contributed by atoms with van der Waals surface area (Å²) in [4.78, 5) is 10.2. The highest BCUT2D eigenvalue weighted by Crippen LogP contribution is 2.10. The Hall–Kier alpha value is -1.16. The van der Waals surface area contributed by atoms with Gasteiger partial charge in [-0.2, -0.15) is 0 Å². The Bertz CT molecular complexity index is 275. The van der Waals surface area contributed by atoms with Gasteiger partial charge in [0.2, 0.25) is 0 Å². The molecule has 0 saturated carbocycles. The van der Waals surface area contributed by atoms with Gasteiger partial charge in [0, 0.05) is 13.1 Å². The fourth-order valence-corrected chi connectivity index (χ4v) is 0.905. The molecule has 0 aromatic carbocycles. The third-order valence-corrected chi connectivity index (χ3v) is 1.97. The van der Waals surface area contributed by atoms with Gasteiger partial charge in [0.05, 0.1) is 24.7 Å². The number of hydrogen-bond donors (Lipinski definition) is 1. The molecule has 1 N–H and O–H groups in total. The van der Waals surface area contributed by atoms with Crippen LogP contribution in [0.5, 0.6) is 0 Å². The highest BCUT2D eigenvalue weighted by Gasteiger charge is 2.06. The van der Waals surface area contributed by atoms with Crippen molar-refractivity contribution in [2.24, 2.45) is 0 Å². The molecule has 1 aromatic rings. The molecule has 0 aliphatic rings. The molecule has 0 bridgehead atoms. The maximum Gasteiger partial charge on any atom is 0.147 e. The third kappa shape index (κ3) is 2.39. The van der Waals surface area contributed by atoms with Crippen LogP contribution in [0.4, 0.5) is 5.82 Å². The van der Waals surface area contributed by atoms with E-state index in [4.69, 9.17) is 5.11 Å². The summed E-state index contributed by atoms with van der Waals surface area (Å²) >= 11 is 0. The molecule has 0 amide bonds. The summed E-state index contributed by atoms with van der Waals surface area (Å²) in [7, 11) is 1.95. The van der Waals surface area contributed by atoms with E-state index in [0.717, 1.165) is 5.82 Å². The van der Waals surface area contributed by atoms with Crippen LogP contribution in [0.25, 0.3) is 0 Å². The minimum absolute atomic E-state index is 0.0627. The molecule has 72 valence electrons. The molecular weight excluding hydrogens is 166 g/mol. The van der Waals surface area contributed by atoms with Crippen LogP contribution in [0.15, 0.2) is 12.4 Å². The maximum atomic E-state index is 8.86. The molecule has 1 heterocycles. The lowest BCUT2D eigenvalue weighted by Gasteiger charge is -2.22. The van der Waals surface area contributed by atoms with E-state index in [-0.39, 0.29) is 6.61 Å². The molecule has 0 unspecified atom stereocenters. The van der Waals surface area contributed by atoms with Crippen LogP contribution in [0.3, 0.4) is 0 Å². The van der Waals surface area contributed by atoms with E-state index in [1.54, 1.807) is 12.4 Å². The summed E-state index contributed by atoms with van der Waals surface area (Å²) in [5.41, 5.74) is 0.602. The number of aliphatic hydroxyl groups excluding tert-OH is 1. The van der Waals surface area contributed by atoms with Crippen LogP contribution in [-0.4, -0.2) is 28.2 Å². The Labute approximate surface area is 78.2 Å². The Kier molecular flexibility index (Phi) is 3.19. The van der Waals surface area contributed by atoms with E-state index < -0.39 is 0 Å². The van der Waals surface area contributed by atoms with Gasteiger partial charge in [0.25, 0.3) is 0 Å². The molecule has 1 rings (SSSR count). The van der Waals surface area contributed by atoms with Gasteiger partial charge < -0.3 is 10.0 Å². The molecule has 0 radical (unpaired) electrons. The number of aliphatic hydroxyl groups is 1. The van der Waals surface area contributed by atoms with Gasteiger partial charge in [0.1, 0.15) is 5.82 Å². The molecule has 1 aromatic heterocycles. The van der Waals surface area contributed by atoms with Crippen molar-refractivity contribution in [3.8, 4) is 0 Å². The predicted molar refractivity (Wildman–Crippen MR) is 51.5 cm³/mol. The van der Waals surface area contributed by atoms with E-state index in [1.807, 2.05) is 11.9 Å². The summed E-state index contributed by atoms with van der Waals surface area (Å²) < 4.78 is 0. The normalized spacial score (nSPS) is 10.5. The highest BCUT2D eigenvalue weighted by molar-refractivity contribution is 5.35. The van der Waals surface area contributed by atoms with Crippen molar-refractivity contribution in [2.75, 3.05) is 11.9 Å². The van der Waals surface area contributed by atoms with Crippen molar-refractivity contribution in [1.82, 2.24) is 9.97 Å². The second kappa shape index (κ2) is 4.18. The first-order valence-corrected chi connectivity index (χ1v) is 4.29. The van der Waals surface area contributed by atoms with Crippen LogP contribution in [0.1, 0.15) is 19.5 Å². The van der Waals surface area contributed by atoms with Gasteiger partial charge >= 0.3 is 0 Å². The van der Waals surface area contributed by atoms with E-state index in [9.17, 15) is 0 Å². The first-order chi connectivity index (χ1) is 6.15. The number of anilines is 1. The highest BCUT2D eigenvalue weighted by atomic mass is 16.3. The van der Waals surface area contributed by atoms with Crippen molar-refractivity contribution in [2.45, 2.75) is 26.5 Å². The van der Waals surface area contributed by atoms with Crippen LogP contribution in [-0.2, 0) is 6.61 Å². The predicted octanol–water partition coefficient (Wildman–Crippen LogP) is 0.813. The molecule has 0 spiro atoms. The SMILES string of the molecule is CC(C)N(C)c1cncc(CO)n1. The molecular formula is C9H15N3O. The summed E-state index contributed by atoms with van der Waals surface area (Å²) in [5, 5.41) is 8.86. The van der Waals surface area contributed by atoms with Crippen molar-refractivity contribution in [3.63, 3.8) is 0 Å². The Morgan fingerprint density at radius 3 is 2.69 bits per heavy atom. The van der Waals surface area contributed by atoms with Crippen molar-refractivity contribution < 1.29 is 5.11 Å². The Balaban J connectivity index is 2.88. The topological polar surface area (TPSA) is 49.2 Å². The van der Waals surface area contributed by atoms with Crippen molar-refractivity contribution >= 4 is 5.82 Å². The van der Waals surface area contributed by atoms with Crippen LogP contribution in [0.2, 0.25) is 0 Å². The van der Waals surface area contributed by atoms with Crippen LogP contribution < -0.4 is 4.90 Å². The summed E-state index contributed by atoms with van der Waals surface area (Å²) in [6, 6.07) is 0.378. The fraction of sp³-hybridized carbons (Fsp3) is 0.556. The smallest absolute Gasteiger partial charge is 0.147 e. The van der Waals surface area contributed by atoms with Gasteiger partial charge in [-0.25, -0.2) is 4.98 Å². The monoisotopic (exact) mass is 181 g/mol. The van der Waals surface area contributed by atoms with Gasteiger partial charge in [-0.05, 0) is 13.8 Å². The quantitative estimate of drug-likeness (QED) is 0.749. The lowest BCUT2D eigenvalue weighted by molar-refractivity contribution is 0.276. The molecule has 0 fully saturated rings. The zero-order chi connectivity index (χ0) is 9.84. The minimum Gasteiger partial charge on any atom is -0.390 e. The summed E-state index contributed by atoms with van der Waals surface area (Å²) in [6.45, 7) is 4.09. The van der Waals surface area contributed by atoms with Gasteiger partial charge in [-0.1, -0.05) is 0 Å². The molecule has 0 saturated heterocycles. The van der Waals surface area contributed by atoms with Gasteiger partial charge in [-0.3, -0.25) is 4.98 Å². The molecule has 4 heteroatoms. The third-order valence-electron chi connectivity index (χ3n) is 1.97. The maximum absolute atomic E-state index is 8.86. The van der Waals surface area contributed by atoms with E-state index >= 15 is 0 Å². The van der Waals surface area contributed by atoms with Crippen molar-refractivity contribution in [3.05, 3.63) is 18.1 Å². The Morgan fingerprint density at radius 1 is 1.46 bits per heavy atom. The van der Waals surface area contributed by atoms with Crippen LogP contribution in [0, 0.1) is 0 Å². The standard InChI is InChI=1S/C9H15N3O/c1-7(2)12(3)9-5-10-4-8(6-13)11-9/h4-5,7,13H,6H2,1-3H3. The van der Waals surface area contributed by atoms with Gasteiger partial charge in [-0.15, -0.1) is 0 Å². The number of aromatic nitrogens is 2. The summed E-state index contributed by atoms with van der Waals surface area (Å²) in [5.74, 6) is 0.793. The lowest BCUT2D eigenvalue weighted by Crippen LogP contribution is -2.26. The first-order valence-electron chi connectivity index (χ1n) is 4.29.